The molecule has 3 aliphatic carbocycles. The first kappa shape index (κ1) is 32.9. The summed E-state index contributed by atoms with van der Waals surface area (Å²) in [6.07, 6.45) is 12.9. The quantitative estimate of drug-likeness (QED) is 0.429. The molecule has 7 rings (SSSR count). The zero-order chi connectivity index (χ0) is 33.4. The van der Waals surface area contributed by atoms with E-state index in [1.807, 2.05) is 30.0 Å². The number of ether oxygens (including phenoxy) is 2. The number of aryl methyl sites for hydroxylation is 1. The Kier molecular flexibility index (Phi) is 9.63. The first-order valence-electron chi connectivity index (χ1n) is 16.9. The van der Waals surface area contributed by atoms with Crippen molar-refractivity contribution in [1.82, 2.24) is 30.1 Å². The van der Waals surface area contributed by atoms with E-state index < -0.39 is 6.10 Å². The summed E-state index contributed by atoms with van der Waals surface area (Å²) in [4.78, 5) is 48.7. The average Bonchev–Trinajstić information content (AvgIpc) is 3.68. The van der Waals surface area contributed by atoms with Gasteiger partial charge in [0.25, 0.3) is 5.91 Å². The number of carbonyl (C=O) groups excluding carboxylic acids is 2. The molecule has 12 nitrogen and oxygen atoms in total. The highest BCUT2D eigenvalue weighted by molar-refractivity contribution is 8.14. The number of nitrogens with one attached hydrogen (secondary N) is 1. The van der Waals surface area contributed by atoms with E-state index >= 15 is 0 Å². The molecule has 5 aliphatic rings. The summed E-state index contributed by atoms with van der Waals surface area (Å²) >= 11 is 1.51. The SMILES string of the molecule is COC1=C(c2cnc(CO[C@H]3CCC[C@@H]3O)nc2)C=CC2N=C(NC(=O)C3CC(N4CCN(C(=O)c5ccnc(C)c5)C[C@@H]4C)C3)SC12. The van der Waals surface area contributed by atoms with Crippen molar-refractivity contribution in [1.29, 1.82) is 0 Å². The number of amidine groups is 1. The van der Waals surface area contributed by atoms with Gasteiger partial charge in [0.1, 0.15) is 12.4 Å². The van der Waals surface area contributed by atoms with Gasteiger partial charge in [-0.05, 0) is 58.1 Å². The van der Waals surface area contributed by atoms with Gasteiger partial charge in [-0.25, -0.2) is 9.97 Å². The number of piperazine rings is 1. The fraction of sp³-hybridized carbons (Fsp3) is 0.543. The topological polar surface area (TPSA) is 142 Å². The van der Waals surface area contributed by atoms with Crippen LogP contribution in [0.4, 0.5) is 0 Å². The predicted octanol–water partition coefficient (Wildman–Crippen LogP) is 3.12. The van der Waals surface area contributed by atoms with Gasteiger partial charge in [0.05, 0.1) is 30.6 Å². The molecule has 13 heteroatoms. The molecule has 0 aromatic carbocycles. The molecule has 0 spiro atoms. The summed E-state index contributed by atoms with van der Waals surface area (Å²) < 4.78 is 11.7. The number of allylic oxidation sites excluding steroid dienone is 2. The largest absolute Gasteiger partial charge is 0.499 e. The van der Waals surface area contributed by atoms with Crippen molar-refractivity contribution in [3.8, 4) is 0 Å². The van der Waals surface area contributed by atoms with Crippen LogP contribution in [0.5, 0.6) is 0 Å². The highest BCUT2D eigenvalue weighted by atomic mass is 32.2. The zero-order valence-electron chi connectivity index (χ0n) is 27.6. The molecular weight excluding hydrogens is 630 g/mol. The molecular formula is C35H43N7O5S. The van der Waals surface area contributed by atoms with Crippen LogP contribution in [0, 0.1) is 12.8 Å². The molecule has 1 saturated heterocycles. The second-order valence-electron chi connectivity index (χ2n) is 13.4. The lowest BCUT2D eigenvalue weighted by molar-refractivity contribution is -0.129. The van der Waals surface area contributed by atoms with E-state index in [-0.39, 0.29) is 47.8 Å². The minimum absolute atomic E-state index is 0.00847. The first-order chi connectivity index (χ1) is 23.3. The molecule has 2 aromatic rings. The smallest absolute Gasteiger partial charge is 0.254 e. The number of carbonyl (C=O) groups is 2. The number of aliphatic imine (C=N–C) groups is 1. The van der Waals surface area contributed by atoms with Gasteiger partial charge in [-0.2, -0.15) is 0 Å². The number of aliphatic hydroxyl groups is 1. The highest BCUT2D eigenvalue weighted by Gasteiger charge is 2.43. The normalized spacial score (nSPS) is 30.1. The van der Waals surface area contributed by atoms with E-state index in [0.717, 1.165) is 61.2 Å². The third-order valence-electron chi connectivity index (χ3n) is 10.2. The number of hydrogen-bond donors (Lipinski definition) is 2. The molecule has 48 heavy (non-hydrogen) atoms. The van der Waals surface area contributed by atoms with E-state index in [0.29, 0.717) is 35.7 Å². The second kappa shape index (κ2) is 14.1. The molecule has 2 amide bonds. The molecule has 2 saturated carbocycles. The second-order valence-corrected chi connectivity index (χ2v) is 14.5. The summed E-state index contributed by atoms with van der Waals surface area (Å²) in [6.45, 7) is 6.47. The molecule has 5 atom stereocenters. The van der Waals surface area contributed by atoms with Crippen LogP contribution in [0.25, 0.3) is 5.57 Å². The molecule has 2 aromatic heterocycles. The average molecular weight is 674 g/mol. The zero-order valence-corrected chi connectivity index (χ0v) is 28.4. The Bertz CT molecular complexity index is 1630. The number of fused-ring (bicyclic) bond motifs is 1. The Morgan fingerprint density at radius 3 is 2.67 bits per heavy atom. The fourth-order valence-corrected chi connectivity index (χ4v) is 8.63. The van der Waals surface area contributed by atoms with Crippen LogP contribution in [0.2, 0.25) is 0 Å². The number of aromatic nitrogens is 3. The number of aliphatic hydroxyl groups excluding tert-OH is 1. The van der Waals surface area contributed by atoms with Crippen LogP contribution < -0.4 is 5.32 Å². The van der Waals surface area contributed by atoms with Gasteiger partial charge in [-0.3, -0.25) is 24.5 Å². The number of amides is 2. The maximum absolute atomic E-state index is 13.3. The molecule has 0 bridgehead atoms. The summed E-state index contributed by atoms with van der Waals surface area (Å²) in [7, 11) is 1.66. The van der Waals surface area contributed by atoms with Crippen molar-refractivity contribution in [3.05, 3.63) is 71.3 Å². The van der Waals surface area contributed by atoms with E-state index in [9.17, 15) is 14.7 Å². The Balaban J connectivity index is 0.895. The van der Waals surface area contributed by atoms with Gasteiger partial charge >= 0.3 is 0 Å². The van der Waals surface area contributed by atoms with Crippen LogP contribution in [-0.4, -0.2) is 109 Å². The Hall–Kier alpha value is -3.65. The van der Waals surface area contributed by atoms with Gasteiger partial charge in [0.2, 0.25) is 5.91 Å². The van der Waals surface area contributed by atoms with Crippen molar-refractivity contribution >= 4 is 34.3 Å². The Morgan fingerprint density at radius 2 is 1.96 bits per heavy atom. The van der Waals surface area contributed by atoms with E-state index in [4.69, 9.17) is 14.5 Å². The fourth-order valence-electron chi connectivity index (χ4n) is 7.42. The summed E-state index contributed by atoms with van der Waals surface area (Å²) in [5, 5.41) is 13.6. The van der Waals surface area contributed by atoms with Crippen molar-refractivity contribution in [2.24, 2.45) is 10.9 Å². The van der Waals surface area contributed by atoms with Crippen LogP contribution in [0.1, 0.15) is 66.5 Å². The minimum atomic E-state index is -0.413. The van der Waals surface area contributed by atoms with Crippen LogP contribution in [-0.2, 0) is 20.9 Å². The van der Waals surface area contributed by atoms with Gasteiger partial charge in [-0.1, -0.05) is 23.9 Å². The van der Waals surface area contributed by atoms with Crippen molar-refractivity contribution in [3.63, 3.8) is 0 Å². The molecule has 254 valence electrons. The number of thioether (sulfide) groups is 1. The number of rotatable bonds is 8. The third-order valence-corrected chi connectivity index (χ3v) is 11.3. The first-order valence-corrected chi connectivity index (χ1v) is 17.8. The molecule has 2 N–H and O–H groups in total. The lowest BCUT2D eigenvalue weighted by Gasteiger charge is -2.49. The van der Waals surface area contributed by atoms with Gasteiger partial charge in [0, 0.05) is 78.6 Å². The highest BCUT2D eigenvalue weighted by Crippen LogP contribution is 2.41. The lowest BCUT2D eigenvalue weighted by Crippen LogP contribution is -2.60. The number of pyridine rings is 1. The van der Waals surface area contributed by atoms with Crippen LogP contribution in [0.15, 0.2) is 53.6 Å². The monoisotopic (exact) mass is 673 g/mol. The minimum Gasteiger partial charge on any atom is -0.499 e. The molecule has 0 radical (unpaired) electrons. The van der Waals surface area contributed by atoms with E-state index in [1.54, 1.807) is 31.8 Å². The summed E-state index contributed by atoms with van der Waals surface area (Å²) in [5.74, 6) is 1.34. The van der Waals surface area contributed by atoms with E-state index in [2.05, 4.69) is 32.1 Å². The molecule has 2 aliphatic heterocycles. The maximum atomic E-state index is 13.3. The van der Waals surface area contributed by atoms with Crippen molar-refractivity contribution in [2.75, 3.05) is 26.7 Å². The van der Waals surface area contributed by atoms with Crippen LogP contribution in [0.3, 0.4) is 0 Å². The van der Waals surface area contributed by atoms with Crippen molar-refractivity contribution in [2.45, 2.75) is 88.1 Å². The number of hydrogen-bond acceptors (Lipinski definition) is 11. The molecule has 4 heterocycles. The maximum Gasteiger partial charge on any atom is 0.254 e. The molecule has 3 fully saturated rings. The van der Waals surface area contributed by atoms with Crippen molar-refractivity contribution < 1.29 is 24.2 Å². The summed E-state index contributed by atoms with van der Waals surface area (Å²) in [6, 6.07) is 4.04. The van der Waals surface area contributed by atoms with Gasteiger partial charge in [0.15, 0.2) is 11.0 Å². The Morgan fingerprint density at radius 1 is 1.15 bits per heavy atom. The summed E-state index contributed by atoms with van der Waals surface area (Å²) in [5.41, 5.74) is 3.24. The third kappa shape index (κ3) is 6.78. The standard InChI is InChI=1S/C35H43N7O5S/c1-20-13-22(9-10-36-20)34(45)41-11-12-42(21(2)18-41)25-14-23(15-25)33(44)40-35-39-27-8-7-26(31(46-3)32(27)48-35)24-16-37-30(38-17-24)19-47-29-6-4-5-28(29)43/h7-10,13,16-17,21,23,25,27-29,32,43H,4-6,11-12,14-15,18-19H2,1-3H3,(H,39,40,44)/t21-,23?,25?,27?,28-,29-,32?/m0/s1. The predicted molar refractivity (Wildman–Crippen MR) is 182 cm³/mol. The Labute approximate surface area is 285 Å². The van der Waals surface area contributed by atoms with Gasteiger partial charge in [-0.15, -0.1) is 0 Å². The van der Waals surface area contributed by atoms with Gasteiger partial charge < -0.3 is 24.8 Å². The lowest BCUT2D eigenvalue weighted by atomic mass is 9.78. The van der Waals surface area contributed by atoms with Crippen LogP contribution >= 0.6 is 11.8 Å². The number of nitrogens with zero attached hydrogens (tertiary/aromatic N) is 6. The van der Waals surface area contributed by atoms with E-state index in [1.165, 1.54) is 11.8 Å². The molecule has 2 unspecified atom stereocenters. The number of methoxy groups -OCH3 is 1.